The first-order valence-electron chi connectivity index (χ1n) is 8.15. The van der Waals surface area contributed by atoms with Gasteiger partial charge in [-0.1, -0.05) is 26.2 Å². The van der Waals surface area contributed by atoms with Gasteiger partial charge in [-0.3, -0.25) is 9.48 Å². The number of nitrogen functional groups attached to an aromatic ring is 1. The van der Waals surface area contributed by atoms with Gasteiger partial charge in [-0.05, 0) is 31.6 Å². The van der Waals surface area contributed by atoms with Crippen molar-refractivity contribution in [1.82, 2.24) is 15.1 Å². The smallest absolute Gasteiger partial charge is 0.223 e. The second kappa shape index (κ2) is 7.48. The van der Waals surface area contributed by atoms with Gasteiger partial charge in [-0.15, -0.1) is 0 Å². The molecule has 0 aliphatic heterocycles. The van der Waals surface area contributed by atoms with Crippen LogP contribution < -0.4 is 11.1 Å². The highest BCUT2D eigenvalue weighted by Gasteiger charge is 2.25. The molecule has 5 nitrogen and oxygen atoms in total. The number of aromatic nitrogens is 2. The zero-order valence-electron chi connectivity index (χ0n) is 13.3. The van der Waals surface area contributed by atoms with Gasteiger partial charge in [0, 0.05) is 25.1 Å². The summed E-state index contributed by atoms with van der Waals surface area (Å²) in [5.41, 5.74) is 6.77. The van der Waals surface area contributed by atoms with E-state index < -0.39 is 0 Å². The quantitative estimate of drug-likeness (QED) is 0.846. The molecular formula is C16H28N4O. The third-order valence-corrected chi connectivity index (χ3v) is 4.70. The van der Waals surface area contributed by atoms with E-state index in [0.717, 1.165) is 24.3 Å². The standard InChI is InChI=1S/C16H28N4O/c1-3-4-5-12-6-8-13(9-7-12)16(21)18-10-14-11-19-20(2)15(14)17/h11-13H,3-10,17H2,1-2H3,(H,18,21). The van der Waals surface area contributed by atoms with E-state index in [9.17, 15) is 4.79 Å². The number of nitrogens with zero attached hydrogens (tertiary/aromatic N) is 2. The summed E-state index contributed by atoms with van der Waals surface area (Å²) in [5, 5.41) is 7.09. The Bertz CT molecular complexity index is 461. The molecule has 3 N–H and O–H groups in total. The fourth-order valence-electron chi connectivity index (χ4n) is 3.16. The number of aryl methyl sites for hydroxylation is 1. The molecular weight excluding hydrogens is 264 g/mol. The van der Waals surface area contributed by atoms with Crippen molar-refractivity contribution in [2.45, 2.75) is 58.4 Å². The van der Waals surface area contributed by atoms with Crippen LogP contribution in [0.25, 0.3) is 0 Å². The predicted octanol–water partition coefficient (Wildman–Crippen LogP) is 2.62. The van der Waals surface area contributed by atoms with Gasteiger partial charge in [-0.2, -0.15) is 5.10 Å². The van der Waals surface area contributed by atoms with Crippen molar-refractivity contribution in [3.05, 3.63) is 11.8 Å². The molecule has 0 bridgehead atoms. The van der Waals surface area contributed by atoms with Crippen LogP contribution in [0, 0.1) is 11.8 Å². The summed E-state index contributed by atoms with van der Waals surface area (Å²) < 4.78 is 1.63. The second-order valence-electron chi connectivity index (χ2n) is 6.26. The van der Waals surface area contributed by atoms with Gasteiger partial charge < -0.3 is 11.1 Å². The van der Waals surface area contributed by atoms with Crippen LogP contribution in [-0.4, -0.2) is 15.7 Å². The third kappa shape index (κ3) is 4.22. The van der Waals surface area contributed by atoms with Gasteiger partial charge in [0.2, 0.25) is 5.91 Å². The fourth-order valence-corrected chi connectivity index (χ4v) is 3.16. The SMILES string of the molecule is CCCCC1CCC(C(=O)NCc2cnn(C)c2N)CC1. The number of rotatable bonds is 6. The lowest BCUT2D eigenvalue weighted by atomic mass is 9.79. The number of carbonyl (C=O) groups is 1. The molecule has 2 rings (SSSR count). The minimum Gasteiger partial charge on any atom is -0.384 e. The van der Waals surface area contributed by atoms with Crippen LogP contribution >= 0.6 is 0 Å². The molecule has 1 aliphatic rings. The van der Waals surface area contributed by atoms with Gasteiger partial charge in [-0.25, -0.2) is 0 Å². The Morgan fingerprint density at radius 3 is 2.71 bits per heavy atom. The highest BCUT2D eigenvalue weighted by Crippen LogP contribution is 2.32. The largest absolute Gasteiger partial charge is 0.384 e. The number of unbranched alkanes of at least 4 members (excludes halogenated alkanes) is 1. The van der Waals surface area contributed by atoms with Crippen molar-refractivity contribution in [2.24, 2.45) is 18.9 Å². The number of hydrogen-bond donors (Lipinski definition) is 2. The van der Waals surface area contributed by atoms with Crippen molar-refractivity contribution in [1.29, 1.82) is 0 Å². The minimum absolute atomic E-state index is 0.173. The van der Waals surface area contributed by atoms with Crippen molar-refractivity contribution in [3.8, 4) is 0 Å². The topological polar surface area (TPSA) is 72.9 Å². The third-order valence-electron chi connectivity index (χ3n) is 4.70. The highest BCUT2D eigenvalue weighted by atomic mass is 16.1. The number of nitrogens with two attached hydrogens (primary N) is 1. The summed E-state index contributed by atoms with van der Waals surface area (Å²) in [6.45, 7) is 2.72. The number of hydrogen-bond acceptors (Lipinski definition) is 3. The fraction of sp³-hybridized carbons (Fsp3) is 0.750. The van der Waals surface area contributed by atoms with Crippen molar-refractivity contribution in [3.63, 3.8) is 0 Å². The molecule has 0 atom stereocenters. The molecule has 1 saturated carbocycles. The number of amides is 1. The molecule has 0 radical (unpaired) electrons. The van der Waals surface area contributed by atoms with Crippen molar-refractivity contribution in [2.75, 3.05) is 5.73 Å². The number of anilines is 1. The molecule has 0 saturated heterocycles. The molecule has 1 heterocycles. The van der Waals surface area contributed by atoms with Crippen LogP contribution in [0.5, 0.6) is 0 Å². The number of nitrogens with one attached hydrogen (secondary N) is 1. The van der Waals surface area contributed by atoms with Crippen molar-refractivity contribution < 1.29 is 4.79 Å². The van der Waals surface area contributed by atoms with E-state index >= 15 is 0 Å². The molecule has 1 fully saturated rings. The van der Waals surface area contributed by atoms with Crippen molar-refractivity contribution >= 4 is 11.7 Å². The van der Waals surface area contributed by atoms with Crippen LogP contribution in [0.3, 0.4) is 0 Å². The van der Waals surface area contributed by atoms with Gasteiger partial charge in [0.15, 0.2) is 0 Å². The normalized spacial score (nSPS) is 22.2. The molecule has 1 aromatic heterocycles. The zero-order valence-corrected chi connectivity index (χ0v) is 13.3. The molecule has 0 unspecified atom stereocenters. The maximum absolute atomic E-state index is 12.2. The summed E-state index contributed by atoms with van der Waals surface area (Å²) >= 11 is 0. The summed E-state index contributed by atoms with van der Waals surface area (Å²) in [4.78, 5) is 12.2. The lowest BCUT2D eigenvalue weighted by Crippen LogP contribution is -2.33. The molecule has 1 amide bonds. The van der Waals surface area contributed by atoms with E-state index in [-0.39, 0.29) is 11.8 Å². The van der Waals surface area contributed by atoms with Crippen LogP contribution in [-0.2, 0) is 18.4 Å². The molecule has 0 aromatic carbocycles. The average molecular weight is 292 g/mol. The first kappa shape index (κ1) is 15.9. The average Bonchev–Trinajstić information content (AvgIpc) is 2.83. The Morgan fingerprint density at radius 2 is 2.14 bits per heavy atom. The van der Waals surface area contributed by atoms with E-state index in [2.05, 4.69) is 17.3 Å². The van der Waals surface area contributed by atoms with Gasteiger partial charge in [0.05, 0.1) is 6.20 Å². The zero-order chi connectivity index (χ0) is 15.2. The van der Waals surface area contributed by atoms with Gasteiger partial charge in [0.25, 0.3) is 0 Å². The Hall–Kier alpha value is -1.52. The molecule has 1 aliphatic carbocycles. The molecule has 21 heavy (non-hydrogen) atoms. The predicted molar refractivity (Wildman–Crippen MR) is 84.4 cm³/mol. The summed E-state index contributed by atoms with van der Waals surface area (Å²) in [7, 11) is 1.80. The van der Waals surface area contributed by atoms with Gasteiger partial charge >= 0.3 is 0 Å². The maximum atomic E-state index is 12.2. The molecule has 118 valence electrons. The Morgan fingerprint density at radius 1 is 1.43 bits per heavy atom. The lowest BCUT2D eigenvalue weighted by Gasteiger charge is -2.27. The highest BCUT2D eigenvalue weighted by molar-refractivity contribution is 5.78. The Kier molecular flexibility index (Phi) is 5.65. The Labute approximate surface area is 127 Å². The van der Waals surface area contributed by atoms with Crippen LogP contribution in [0.15, 0.2) is 6.20 Å². The van der Waals surface area contributed by atoms with E-state index in [4.69, 9.17) is 5.73 Å². The number of carbonyl (C=O) groups excluding carboxylic acids is 1. The monoisotopic (exact) mass is 292 g/mol. The van der Waals surface area contributed by atoms with Crippen LogP contribution in [0.1, 0.15) is 57.4 Å². The summed E-state index contributed by atoms with van der Waals surface area (Å²) in [6.07, 6.45) is 10.1. The van der Waals surface area contributed by atoms with E-state index in [1.54, 1.807) is 17.9 Å². The summed E-state index contributed by atoms with van der Waals surface area (Å²) in [6, 6.07) is 0. The molecule has 0 spiro atoms. The minimum atomic E-state index is 0.173. The van der Waals surface area contributed by atoms with E-state index in [1.165, 1.54) is 32.1 Å². The summed E-state index contributed by atoms with van der Waals surface area (Å²) in [5.74, 6) is 1.81. The molecule has 5 heteroatoms. The maximum Gasteiger partial charge on any atom is 0.223 e. The van der Waals surface area contributed by atoms with Gasteiger partial charge in [0.1, 0.15) is 5.82 Å². The molecule has 1 aromatic rings. The first-order valence-corrected chi connectivity index (χ1v) is 8.15. The Balaban J connectivity index is 1.73. The first-order chi connectivity index (χ1) is 10.1. The van der Waals surface area contributed by atoms with E-state index in [0.29, 0.717) is 12.4 Å². The van der Waals surface area contributed by atoms with Crippen LogP contribution in [0.4, 0.5) is 5.82 Å². The lowest BCUT2D eigenvalue weighted by molar-refractivity contribution is -0.126. The van der Waals surface area contributed by atoms with Crippen LogP contribution in [0.2, 0.25) is 0 Å². The van der Waals surface area contributed by atoms with E-state index in [1.807, 2.05) is 0 Å². The second-order valence-corrected chi connectivity index (χ2v) is 6.26.